The second-order valence-electron chi connectivity index (χ2n) is 8.28. The van der Waals surface area contributed by atoms with Gasteiger partial charge in [0.2, 0.25) is 15.9 Å². The molecule has 2 aromatic carbocycles. The molecule has 0 spiro atoms. The fourth-order valence-electron chi connectivity index (χ4n) is 4.05. The number of carbonyl (C=O) groups is 1. The van der Waals surface area contributed by atoms with Gasteiger partial charge in [-0.05, 0) is 56.8 Å². The van der Waals surface area contributed by atoms with Crippen LogP contribution in [0, 0.1) is 17.2 Å². The average Bonchev–Trinajstić information content (AvgIpc) is 2.84. The highest BCUT2D eigenvalue weighted by Gasteiger charge is 2.33. The highest BCUT2D eigenvalue weighted by Crippen LogP contribution is 2.26. The average molecular weight is 471 g/mol. The number of amides is 1. The molecule has 8 nitrogen and oxygen atoms in total. The lowest BCUT2D eigenvalue weighted by molar-refractivity contribution is -0.126. The van der Waals surface area contributed by atoms with Gasteiger partial charge in [0.15, 0.2) is 0 Å². The van der Waals surface area contributed by atoms with Crippen LogP contribution >= 0.6 is 0 Å². The number of methoxy groups -OCH3 is 1. The quantitative estimate of drug-likeness (QED) is 0.636. The number of nitrogens with zero attached hydrogens (tertiary/aromatic N) is 3. The van der Waals surface area contributed by atoms with Crippen molar-refractivity contribution in [1.82, 2.24) is 14.5 Å². The van der Waals surface area contributed by atoms with Crippen LogP contribution in [0.15, 0.2) is 53.4 Å². The predicted molar refractivity (Wildman–Crippen MR) is 125 cm³/mol. The molecule has 1 atom stereocenters. The Morgan fingerprint density at radius 1 is 1.18 bits per heavy atom. The van der Waals surface area contributed by atoms with E-state index in [0.29, 0.717) is 19.4 Å². The largest absolute Gasteiger partial charge is 0.497 e. The van der Waals surface area contributed by atoms with E-state index in [2.05, 4.69) is 5.32 Å². The SMILES string of the molecule is COc1ccc(C(CNC(=O)C2CCN(S(=O)(=O)c3ccccc3C#N)CC2)N(C)C)cc1. The number of hydrogen-bond acceptors (Lipinski definition) is 6. The van der Waals surface area contributed by atoms with Crippen molar-refractivity contribution in [2.24, 2.45) is 5.92 Å². The van der Waals surface area contributed by atoms with E-state index in [1.165, 1.54) is 16.4 Å². The fraction of sp³-hybridized carbons (Fsp3) is 0.417. The first-order valence-corrected chi connectivity index (χ1v) is 12.3. The standard InChI is InChI=1S/C24H30N4O4S/c1-27(2)22(18-8-10-21(32-3)11-9-18)17-26-24(29)19-12-14-28(15-13-19)33(30,31)23-7-5-4-6-20(23)16-25/h4-11,19,22H,12-15,17H2,1-3H3,(H,26,29). The third-order valence-electron chi connectivity index (χ3n) is 6.04. The van der Waals surface area contributed by atoms with Crippen LogP contribution in [0.3, 0.4) is 0 Å². The molecule has 1 saturated heterocycles. The summed E-state index contributed by atoms with van der Waals surface area (Å²) in [6.45, 7) is 0.942. The summed E-state index contributed by atoms with van der Waals surface area (Å²) in [5, 5.41) is 12.3. The highest BCUT2D eigenvalue weighted by molar-refractivity contribution is 7.89. The van der Waals surface area contributed by atoms with Crippen molar-refractivity contribution in [3.8, 4) is 11.8 Å². The molecule has 0 radical (unpaired) electrons. The second kappa shape index (κ2) is 10.8. The van der Waals surface area contributed by atoms with Crippen LogP contribution < -0.4 is 10.1 Å². The van der Waals surface area contributed by atoms with Crippen molar-refractivity contribution in [2.45, 2.75) is 23.8 Å². The Hall–Kier alpha value is -2.93. The number of likely N-dealkylation sites (N-methyl/N-ethyl adjacent to an activating group) is 1. The predicted octanol–water partition coefficient (Wildman–Crippen LogP) is 2.39. The van der Waals surface area contributed by atoms with Crippen molar-refractivity contribution in [3.63, 3.8) is 0 Å². The van der Waals surface area contributed by atoms with Gasteiger partial charge in [-0.3, -0.25) is 4.79 Å². The summed E-state index contributed by atoms with van der Waals surface area (Å²) in [7, 11) is 1.78. The Balaban J connectivity index is 1.59. The molecule has 1 aliphatic heterocycles. The molecule has 1 N–H and O–H groups in total. The van der Waals surface area contributed by atoms with Crippen LogP contribution in [-0.4, -0.2) is 64.4 Å². The number of hydrogen-bond donors (Lipinski definition) is 1. The van der Waals surface area contributed by atoms with Crippen LogP contribution in [0.4, 0.5) is 0 Å². The molecule has 0 saturated carbocycles. The van der Waals surface area contributed by atoms with E-state index < -0.39 is 10.0 Å². The van der Waals surface area contributed by atoms with Crippen LogP contribution in [0.1, 0.15) is 30.0 Å². The first-order chi connectivity index (χ1) is 15.8. The molecular formula is C24H30N4O4S. The minimum absolute atomic E-state index is 0.00260. The van der Waals surface area contributed by atoms with Crippen LogP contribution in [-0.2, 0) is 14.8 Å². The molecule has 1 unspecified atom stereocenters. The number of nitrogens with one attached hydrogen (secondary N) is 1. The van der Waals surface area contributed by atoms with E-state index in [4.69, 9.17) is 4.74 Å². The zero-order valence-corrected chi connectivity index (χ0v) is 20.0. The van der Waals surface area contributed by atoms with Crippen LogP contribution in [0.5, 0.6) is 5.75 Å². The van der Waals surface area contributed by atoms with E-state index in [0.717, 1.165) is 11.3 Å². The van der Waals surface area contributed by atoms with E-state index >= 15 is 0 Å². The Morgan fingerprint density at radius 3 is 2.39 bits per heavy atom. The monoisotopic (exact) mass is 470 g/mol. The summed E-state index contributed by atoms with van der Waals surface area (Å²) in [5.41, 5.74) is 1.20. The summed E-state index contributed by atoms with van der Waals surface area (Å²) in [5.74, 6) is 0.463. The van der Waals surface area contributed by atoms with Crippen molar-refractivity contribution in [1.29, 1.82) is 5.26 Å². The summed E-state index contributed by atoms with van der Waals surface area (Å²) >= 11 is 0. The molecule has 0 bridgehead atoms. The van der Waals surface area contributed by atoms with E-state index in [-0.39, 0.29) is 41.4 Å². The van der Waals surface area contributed by atoms with Gasteiger partial charge in [-0.25, -0.2) is 8.42 Å². The number of rotatable bonds is 8. The summed E-state index contributed by atoms with van der Waals surface area (Å²) in [4.78, 5) is 14.9. The zero-order chi connectivity index (χ0) is 24.0. The molecule has 3 rings (SSSR count). The Kier molecular flexibility index (Phi) is 8.08. The summed E-state index contributed by atoms with van der Waals surface area (Å²) in [6.07, 6.45) is 0.879. The molecule has 1 amide bonds. The fourth-order valence-corrected chi connectivity index (χ4v) is 5.66. The smallest absolute Gasteiger partial charge is 0.244 e. The number of carbonyl (C=O) groups excluding carboxylic acids is 1. The first kappa shape index (κ1) is 24.7. The molecule has 1 fully saturated rings. The third kappa shape index (κ3) is 5.71. The first-order valence-electron chi connectivity index (χ1n) is 10.8. The molecule has 1 heterocycles. The van der Waals surface area contributed by atoms with Gasteiger partial charge in [-0.1, -0.05) is 24.3 Å². The molecule has 0 aromatic heterocycles. The molecule has 2 aromatic rings. The van der Waals surface area contributed by atoms with E-state index in [9.17, 15) is 18.5 Å². The lowest BCUT2D eigenvalue weighted by atomic mass is 9.97. The minimum Gasteiger partial charge on any atom is -0.497 e. The third-order valence-corrected chi connectivity index (χ3v) is 8.00. The second-order valence-corrected chi connectivity index (χ2v) is 10.2. The van der Waals surface area contributed by atoms with Crippen molar-refractivity contribution in [2.75, 3.05) is 40.8 Å². The van der Waals surface area contributed by atoms with Crippen LogP contribution in [0.2, 0.25) is 0 Å². The number of nitriles is 1. The van der Waals surface area contributed by atoms with Crippen molar-refractivity contribution in [3.05, 3.63) is 59.7 Å². The van der Waals surface area contributed by atoms with Gasteiger partial charge in [0.05, 0.1) is 23.6 Å². The van der Waals surface area contributed by atoms with Gasteiger partial charge in [0, 0.05) is 25.6 Å². The molecule has 1 aliphatic rings. The van der Waals surface area contributed by atoms with Gasteiger partial charge in [0.1, 0.15) is 11.8 Å². The number of ether oxygens (including phenoxy) is 1. The topological polar surface area (TPSA) is 103 Å². The molecule has 9 heteroatoms. The maximum atomic E-state index is 13.0. The maximum Gasteiger partial charge on any atom is 0.244 e. The lowest BCUT2D eigenvalue weighted by Gasteiger charge is -2.31. The minimum atomic E-state index is -3.77. The van der Waals surface area contributed by atoms with E-state index in [1.807, 2.05) is 49.3 Å². The maximum absolute atomic E-state index is 13.0. The number of piperidine rings is 1. The summed E-state index contributed by atoms with van der Waals surface area (Å²) < 4.78 is 32.6. The van der Waals surface area contributed by atoms with Crippen molar-refractivity contribution < 1.29 is 17.9 Å². The van der Waals surface area contributed by atoms with Gasteiger partial charge in [-0.15, -0.1) is 0 Å². The zero-order valence-electron chi connectivity index (χ0n) is 19.2. The molecule has 33 heavy (non-hydrogen) atoms. The van der Waals surface area contributed by atoms with Gasteiger partial charge < -0.3 is 15.0 Å². The van der Waals surface area contributed by atoms with Gasteiger partial charge >= 0.3 is 0 Å². The Morgan fingerprint density at radius 2 is 1.82 bits per heavy atom. The lowest BCUT2D eigenvalue weighted by Crippen LogP contribution is -2.44. The molecule has 0 aliphatic carbocycles. The van der Waals surface area contributed by atoms with Gasteiger partial charge in [-0.2, -0.15) is 9.57 Å². The Labute approximate surface area is 195 Å². The molecule has 176 valence electrons. The summed E-state index contributed by atoms with van der Waals surface area (Å²) in [6, 6.07) is 15.9. The van der Waals surface area contributed by atoms with Crippen molar-refractivity contribution >= 4 is 15.9 Å². The number of sulfonamides is 1. The van der Waals surface area contributed by atoms with E-state index in [1.54, 1.807) is 19.2 Å². The van der Waals surface area contributed by atoms with Crippen LogP contribution in [0.25, 0.3) is 0 Å². The normalized spacial score (nSPS) is 16.2. The Bertz CT molecular complexity index is 1100. The number of benzene rings is 2. The van der Waals surface area contributed by atoms with Gasteiger partial charge in [0.25, 0.3) is 0 Å². The highest BCUT2D eigenvalue weighted by atomic mass is 32.2. The molecular weight excluding hydrogens is 440 g/mol.